The van der Waals surface area contributed by atoms with Gasteiger partial charge in [0.25, 0.3) is 0 Å². The molecule has 0 aliphatic heterocycles. The van der Waals surface area contributed by atoms with E-state index in [-0.39, 0.29) is 0 Å². The fourth-order valence-electron chi connectivity index (χ4n) is 3.53. The number of hydrogen-bond acceptors (Lipinski definition) is 3. The molecule has 0 aromatic heterocycles. The van der Waals surface area contributed by atoms with Crippen LogP contribution < -0.4 is 0 Å². The first-order valence-corrected chi connectivity index (χ1v) is 20.6. The van der Waals surface area contributed by atoms with Crippen LogP contribution in [0.3, 0.4) is 0 Å². The lowest BCUT2D eigenvalue weighted by molar-refractivity contribution is 0.0312. The van der Waals surface area contributed by atoms with Gasteiger partial charge in [0.05, 0.1) is 13.2 Å². The highest BCUT2D eigenvalue weighted by Gasteiger charge is 2.15. The van der Waals surface area contributed by atoms with Crippen LogP contribution in [-0.2, 0) is 14.2 Å². The van der Waals surface area contributed by atoms with E-state index in [1.54, 1.807) is 6.92 Å². The Morgan fingerprint density at radius 3 is 0.719 bits per heavy atom. The zero-order valence-corrected chi connectivity index (χ0v) is 40.5. The van der Waals surface area contributed by atoms with Crippen molar-refractivity contribution in [2.75, 3.05) is 39.6 Å². The molecule has 0 heterocycles. The second kappa shape index (κ2) is 34.4. The zero-order chi connectivity index (χ0) is 44.9. The lowest BCUT2D eigenvalue weighted by Gasteiger charge is -2.22. The van der Waals surface area contributed by atoms with Crippen molar-refractivity contribution < 1.29 is 14.2 Å². The van der Waals surface area contributed by atoms with E-state index in [1.807, 2.05) is 0 Å². The van der Waals surface area contributed by atoms with E-state index < -0.39 is 0 Å². The minimum atomic E-state index is 0.368. The first-order valence-electron chi connectivity index (χ1n) is 20.6. The van der Waals surface area contributed by atoms with Crippen LogP contribution in [0, 0.1) is 128 Å². The van der Waals surface area contributed by atoms with E-state index in [0.29, 0.717) is 32.5 Å². The minimum Gasteiger partial charge on any atom is -0.381 e. The van der Waals surface area contributed by atoms with Crippen LogP contribution >= 0.6 is 0 Å². The molecular weight excluding hydrogens is 697 g/mol. The topological polar surface area (TPSA) is 27.7 Å². The first kappa shape index (κ1) is 60.0. The molecular formula is C54H84O3. The monoisotopic (exact) mass is 781 g/mol. The molecule has 0 saturated heterocycles. The molecule has 0 fully saturated rings. The molecule has 0 saturated carbocycles. The van der Waals surface area contributed by atoms with E-state index in [9.17, 15) is 0 Å². The number of rotatable bonds is 13. The summed E-state index contributed by atoms with van der Waals surface area (Å²) in [7, 11) is 0. The van der Waals surface area contributed by atoms with Gasteiger partial charge in [-0.15, -0.1) is 6.42 Å². The molecule has 0 atom stereocenters. The van der Waals surface area contributed by atoms with Gasteiger partial charge in [-0.1, -0.05) is 137 Å². The summed E-state index contributed by atoms with van der Waals surface area (Å²) in [6, 6.07) is 0. The van der Waals surface area contributed by atoms with Crippen molar-refractivity contribution >= 4 is 0 Å². The van der Waals surface area contributed by atoms with Gasteiger partial charge in [-0.2, -0.15) is 0 Å². The summed E-state index contributed by atoms with van der Waals surface area (Å²) in [4.78, 5) is 0. The SMILES string of the molecule is C#CC#CC#CC#CC#CC#CC#CC#CC.CC(C)(C)CCCC(C)(C)C.CC(C)(C)CCOCCC(C)(C)C.CC(C)(C)CCOCCOCCC(C)(C)C. The largest absolute Gasteiger partial charge is 0.381 e. The van der Waals surface area contributed by atoms with Gasteiger partial charge in [0.2, 0.25) is 0 Å². The van der Waals surface area contributed by atoms with E-state index in [2.05, 4.69) is 213 Å². The summed E-state index contributed by atoms with van der Waals surface area (Å²) in [5.74, 6) is 36.9. The van der Waals surface area contributed by atoms with Crippen LogP contribution in [0.4, 0.5) is 0 Å². The van der Waals surface area contributed by atoms with Crippen LogP contribution in [0.2, 0.25) is 0 Å². The summed E-state index contributed by atoms with van der Waals surface area (Å²) < 4.78 is 16.6. The Morgan fingerprint density at radius 2 is 0.509 bits per heavy atom. The van der Waals surface area contributed by atoms with Crippen molar-refractivity contribution in [3.63, 3.8) is 0 Å². The molecule has 0 rings (SSSR count). The molecule has 0 N–H and O–H groups in total. The molecule has 0 aromatic carbocycles. The highest BCUT2D eigenvalue weighted by molar-refractivity contribution is 5.45. The van der Waals surface area contributed by atoms with Gasteiger partial charge < -0.3 is 14.2 Å². The maximum absolute atomic E-state index is 5.59. The first-order chi connectivity index (χ1) is 26.0. The Hall–Kier alpha value is -3.64. The molecule has 0 spiro atoms. The van der Waals surface area contributed by atoms with Crippen LogP contribution in [0.15, 0.2) is 0 Å². The van der Waals surface area contributed by atoms with Crippen molar-refractivity contribution in [1.29, 1.82) is 0 Å². The molecule has 0 amide bonds. The van der Waals surface area contributed by atoms with Crippen molar-refractivity contribution in [2.24, 2.45) is 32.5 Å². The average molecular weight is 781 g/mol. The predicted octanol–water partition coefficient (Wildman–Crippen LogP) is 12.7. The second-order valence-electron chi connectivity index (χ2n) is 21.1. The second-order valence-corrected chi connectivity index (χ2v) is 21.1. The van der Waals surface area contributed by atoms with Crippen LogP contribution in [0.1, 0.15) is 176 Å². The average Bonchev–Trinajstić information content (AvgIpc) is 3.02. The Kier molecular flexibility index (Phi) is 36.2. The quantitative estimate of drug-likeness (QED) is 0.138. The fraction of sp³-hybridized carbons (Fsp3) is 0.704. The standard InChI is InChI=1S/C17H4.C14H30O2.C12H26O.C11H24/c1-3-5-7-9-11-13-15-17-16-14-12-10-8-6-4-2;1-13(2,3)7-9-15-11-12-16-10-8-14(4,5)6;1-11(2,3)7-9-13-10-8-12(4,5)6;1-10(2,3)8-7-9-11(4,5)6/h1H,2H3;7-12H2,1-6H3;7-10H2,1-6H3;7-9H2,1-6H3. The lowest BCUT2D eigenvalue weighted by atomic mass is 9.84. The number of hydrogen-bond donors (Lipinski definition) is 0. The summed E-state index contributed by atoms with van der Waals surface area (Å²) in [5.41, 5.74) is 2.58. The molecule has 3 nitrogen and oxygen atoms in total. The van der Waals surface area contributed by atoms with Gasteiger partial charge in [-0.25, -0.2) is 0 Å². The molecule has 0 unspecified atom stereocenters. The minimum absolute atomic E-state index is 0.368. The van der Waals surface area contributed by atoms with Crippen LogP contribution in [0.25, 0.3) is 0 Å². The highest BCUT2D eigenvalue weighted by Crippen LogP contribution is 2.28. The molecule has 0 bridgehead atoms. The maximum Gasteiger partial charge on any atom is 0.0700 e. The molecule has 0 aromatic rings. The predicted molar refractivity (Wildman–Crippen MR) is 250 cm³/mol. The smallest absolute Gasteiger partial charge is 0.0700 e. The summed E-state index contributed by atoms with van der Waals surface area (Å²) in [6.07, 6.45) is 13.5. The van der Waals surface area contributed by atoms with Gasteiger partial charge in [-0.3, -0.25) is 0 Å². The van der Waals surface area contributed by atoms with Gasteiger partial charge >= 0.3 is 0 Å². The third-order valence-corrected chi connectivity index (χ3v) is 7.16. The lowest BCUT2D eigenvalue weighted by Crippen LogP contribution is -2.14. The van der Waals surface area contributed by atoms with Gasteiger partial charge in [0.1, 0.15) is 0 Å². The Morgan fingerprint density at radius 1 is 0.298 bits per heavy atom. The Labute approximate surface area is 356 Å². The molecule has 3 heteroatoms. The van der Waals surface area contributed by atoms with E-state index >= 15 is 0 Å². The number of ether oxygens (including phenoxy) is 3. The highest BCUT2D eigenvalue weighted by atomic mass is 16.5. The third kappa shape index (κ3) is 77.6. The maximum atomic E-state index is 5.59. The van der Waals surface area contributed by atoms with Gasteiger partial charge in [-0.05, 0) is 161 Å². The number of terminal acetylenes is 1. The molecule has 0 aliphatic carbocycles. The molecule has 0 aliphatic rings. The molecule has 57 heavy (non-hydrogen) atoms. The fourth-order valence-corrected chi connectivity index (χ4v) is 3.53. The summed E-state index contributed by atoms with van der Waals surface area (Å²) in [6.45, 7) is 47.4. The van der Waals surface area contributed by atoms with Crippen molar-refractivity contribution in [2.45, 2.75) is 176 Å². The third-order valence-electron chi connectivity index (χ3n) is 7.16. The summed E-state index contributed by atoms with van der Waals surface area (Å²) >= 11 is 0. The van der Waals surface area contributed by atoms with E-state index in [0.717, 1.165) is 65.3 Å². The van der Waals surface area contributed by atoms with Gasteiger partial charge in [0.15, 0.2) is 0 Å². The van der Waals surface area contributed by atoms with Gasteiger partial charge in [0, 0.05) is 26.4 Å². The zero-order valence-electron chi connectivity index (χ0n) is 40.5. The van der Waals surface area contributed by atoms with Crippen LogP contribution in [0.5, 0.6) is 0 Å². The van der Waals surface area contributed by atoms with Crippen molar-refractivity contribution in [3.05, 3.63) is 0 Å². The molecule has 0 radical (unpaired) electrons. The normalized spacial score (nSPS) is 10.5. The Bertz CT molecular complexity index is 1470. The van der Waals surface area contributed by atoms with E-state index in [4.69, 9.17) is 20.6 Å². The Balaban J connectivity index is -0.000000333. The van der Waals surface area contributed by atoms with E-state index in [1.165, 1.54) is 19.3 Å². The summed E-state index contributed by atoms with van der Waals surface area (Å²) in [5, 5.41) is 0. The molecule has 318 valence electrons. The van der Waals surface area contributed by atoms with Crippen molar-refractivity contribution in [1.82, 2.24) is 0 Å². The van der Waals surface area contributed by atoms with Crippen molar-refractivity contribution in [3.8, 4) is 95.2 Å². The van der Waals surface area contributed by atoms with Crippen LogP contribution in [-0.4, -0.2) is 39.6 Å².